The Bertz CT molecular complexity index is 697. The number of carbonyl (C=O) groups is 2. The van der Waals surface area contributed by atoms with Gasteiger partial charge < -0.3 is 20.1 Å². The molecule has 0 saturated carbocycles. The number of carbonyl (C=O) groups excluding carboxylic acids is 2. The maximum absolute atomic E-state index is 12.0. The molecule has 0 spiro atoms. The van der Waals surface area contributed by atoms with E-state index < -0.39 is 0 Å². The van der Waals surface area contributed by atoms with Crippen molar-refractivity contribution in [2.75, 3.05) is 38.3 Å². The minimum absolute atomic E-state index is 0.0898. The van der Waals surface area contributed by atoms with Crippen LogP contribution >= 0.6 is 11.8 Å². The number of ether oxygens (including phenoxy) is 2. The fourth-order valence-corrected chi connectivity index (χ4v) is 3.06. The van der Waals surface area contributed by atoms with Gasteiger partial charge in [-0.3, -0.25) is 9.59 Å². The molecule has 144 valence electrons. The maximum Gasteiger partial charge on any atom is 0.226 e. The van der Waals surface area contributed by atoms with Gasteiger partial charge in [0.2, 0.25) is 12.3 Å². The van der Waals surface area contributed by atoms with E-state index in [0.29, 0.717) is 39.4 Å². The fraction of sp³-hybridized carbons (Fsp3) is 0.300. The second-order valence-electron chi connectivity index (χ2n) is 5.54. The summed E-state index contributed by atoms with van der Waals surface area (Å²) in [5.41, 5.74) is 0.770. The van der Waals surface area contributed by atoms with Gasteiger partial charge in [0.1, 0.15) is 0 Å². The van der Waals surface area contributed by atoms with Gasteiger partial charge in [0.05, 0.1) is 32.8 Å². The summed E-state index contributed by atoms with van der Waals surface area (Å²) in [5.74, 6) is -0.0898. The molecule has 0 bridgehead atoms. The average Bonchev–Trinajstić information content (AvgIpc) is 2.68. The highest BCUT2D eigenvalue weighted by molar-refractivity contribution is 7.99. The van der Waals surface area contributed by atoms with Crippen molar-refractivity contribution in [2.45, 2.75) is 16.2 Å². The third-order valence-corrected chi connectivity index (χ3v) is 4.41. The zero-order valence-electron chi connectivity index (χ0n) is 15.1. The van der Waals surface area contributed by atoms with E-state index in [1.54, 1.807) is 11.8 Å². The minimum Gasteiger partial charge on any atom is -0.379 e. The Hall–Kier alpha value is -2.35. The second kappa shape index (κ2) is 12.9. The molecule has 0 aliphatic rings. The third-order valence-electron chi connectivity index (χ3n) is 3.42. The Morgan fingerprint density at radius 2 is 1.67 bits per heavy atom. The van der Waals surface area contributed by atoms with E-state index in [1.807, 2.05) is 42.5 Å². The molecule has 6 nitrogen and oxygen atoms in total. The lowest BCUT2D eigenvalue weighted by Crippen LogP contribution is -2.19. The number of anilines is 1. The van der Waals surface area contributed by atoms with Crippen LogP contribution in [0, 0.1) is 0 Å². The van der Waals surface area contributed by atoms with Crippen molar-refractivity contribution in [3.8, 4) is 0 Å². The highest BCUT2D eigenvalue weighted by Gasteiger charge is 2.04. The molecule has 7 heteroatoms. The van der Waals surface area contributed by atoms with Crippen LogP contribution in [0.15, 0.2) is 64.4 Å². The van der Waals surface area contributed by atoms with E-state index in [1.165, 1.54) is 0 Å². The van der Waals surface area contributed by atoms with Crippen LogP contribution in [0.25, 0.3) is 0 Å². The average molecular weight is 388 g/mol. The van der Waals surface area contributed by atoms with E-state index >= 15 is 0 Å². The Balaban J connectivity index is 1.63. The molecule has 27 heavy (non-hydrogen) atoms. The van der Waals surface area contributed by atoms with E-state index in [0.717, 1.165) is 15.5 Å². The molecule has 0 atom stereocenters. The zero-order chi connectivity index (χ0) is 19.2. The van der Waals surface area contributed by atoms with Gasteiger partial charge in [0.25, 0.3) is 0 Å². The molecule has 2 aromatic rings. The van der Waals surface area contributed by atoms with E-state index in [4.69, 9.17) is 9.47 Å². The molecule has 2 amide bonds. The van der Waals surface area contributed by atoms with E-state index in [-0.39, 0.29) is 12.3 Å². The Labute approximate surface area is 163 Å². The van der Waals surface area contributed by atoms with Gasteiger partial charge in [-0.05, 0) is 30.3 Å². The summed E-state index contributed by atoms with van der Waals surface area (Å²) >= 11 is 1.65. The fourth-order valence-electron chi connectivity index (χ4n) is 2.16. The normalized spacial score (nSPS) is 10.4. The van der Waals surface area contributed by atoms with Crippen LogP contribution in [0.2, 0.25) is 0 Å². The van der Waals surface area contributed by atoms with Gasteiger partial charge >= 0.3 is 0 Å². The topological polar surface area (TPSA) is 76.7 Å². The number of nitrogens with one attached hydrogen (secondary N) is 2. The number of benzene rings is 2. The lowest BCUT2D eigenvalue weighted by molar-refractivity contribution is -0.117. The highest BCUT2D eigenvalue weighted by atomic mass is 32.2. The zero-order valence-corrected chi connectivity index (χ0v) is 15.9. The van der Waals surface area contributed by atoms with Crippen molar-refractivity contribution in [1.82, 2.24) is 5.32 Å². The Morgan fingerprint density at radius 1 is 0.926 bits per heavy atom. The van der Waals surface area contributed by atoms with Crippen molar-refractivity contribution in [3.05, 3.63) is 54.6 Å². The summed E-state index contributed by atoms with van der Waals surface area (Å²) < 4.78 is 10.6. The standard InChI is InChI=1S/C20H24N2O4S/c23-16-21-10-12-26-14-13-25-11-9-20(24)22-17-5-4-8-19(15-17)27-18-6-2-1-3-7-18/h1-8,15-16H,9-14H2,(H,21,23)(H,22,24). The van der Waals surface area contributed by atoms with Gasteiger partial charge in [0.15, 0.2) is 0 Å². The lowest BCUT2D eigenvalue weighted by atomic mass is 10.3. The number of hydrogen-bond donors (Lipinski definition) is 2. The molecule has 0 heterocycles. The Morgan fingerprint density at radius 3 is 2.44 bits per heavy atom. The molecule has 2 rings (SSSR count). The molecule has 0 saturated heterocycles. The molecule has 0 aliphatic heterocycles. The molecule has 0 aliphatic carbocycles. The molecule has 0 radical (unpaired) electrons. The quantitative estimate of drug-likeness (QED) is 0.408. The van der Waals surface area contributed by atoms with Crippen LogP contribution in [0.1, 0.15) is 6.42 Å². The molecular weight excluding hydrogens is 364 g/mol. The summed E-state index contributed by atoms with van der Waals surface area (Å²) in [6.45, 7) is 2.10. The molecule has 2 N–H and O–H groups in total. The van der Waals surface area contributed by atoms with Gasteiger partial charge in [0, 0.05) is 22.0 Å². The van der Waals surface area contributed by atoms with Crippen molar-refractivity contribution < 1.29 is 19.1 Å². The molecule has 0 fully saturated rings. The molecular formula is C20H24N2O4S. The van der Waals surface area contributed by atoms with Gasteiger partial charge in [-0.2, -0.15) is 0 Å². The van der Waals surface area contributed by atoms with Gasteiger partial charge in [-0.1, -0.05) is 36.0 Å². The van der Waals surface area contributed by atoms with Crippen LogP contribution in [0.3, 0.4) is 0 Å². The minimum atomic E-state index is -0.0898. The van der Waals surface area contributed by atoms with Crippen molar-refractivity contribution in [2.24, 2.45) is 0 Å². The van der Waals surface area contributed by atoms with Crippen molar-refractivity contribution in [3.63, 3.8) is 0 Å². The number of amides is 2. The van der Waals surface area contributed by atoms with E-state index in [2.05, 4.69) is 22.8 Å². The van der Waals surface area contributed by atoms with Crippen molar-refractivity contribution in [1.29, 1.82) is 0 Å². The van der Waals surface area contributed by atoms with Crippen LogP contribution in [0.5, 0.6) is 0 Å². The number of hydrogen-bond acceptors (Lipinski definition) is 5. The SMILES string of the molecule is O=CNCCOCCOCCC(=O)Nc1cccc(Sc2ccccc2)c1. The van der Waals surface area contributed by atoms with Crippen LogP contribution in [-0.2, 0) is 19.1 Å². The summed E-state index contributed by atoms with van der Waals surface area (Å²) in [4.78, 5) is 24.3. The smallest absolute Gasteiger partial charge is 0.226 e. The molecule has 0 unspecified atom stereocenters. The first-order chi connectivity index (χ1) is 13.3. The predicted octanol–water partition coefficient (Wildman–Crippen LogP) is 2.95. The first-order valence-corrected chi connectivity index (χ1v) is 9.55. The first-order valence-electron chi connectivity index (χ1n) is 8.73. The molecule has 2 aromatic carbocycles. The molecule has 0 aromatic heterocycles. The van der Waals surface area contributed by atoms with Crippen LogP contribution < -0.4 is 10.6 Å². The summed E-state index contributed by atoms with van der Waals surface area (Å²) in [5, 5.41) is 5.39. The number of rotatable bonds is 13. The monoisotopic (exact) mass is 388 g/mol. The van der Waals surface area contributed by atoms with Crippen LogP contribution in [-0.4, -0.2) is 45.3 Å². The largest absolute Gasteiger partial charge is 0.379 e. The predicted molar refractivity (Wildman–Crippen MR) is 106 cm³/mol. The Kier molecular flexibility index (Phi) is 10.0. The third kappa shape index (κ3) is 9.23. The first kappa shape index (κ1) is 21.0. The highest BCUT2D eigenvalue weighted by Crippen LogP contribution is 2.29. The second-order valence-corrected chi connectivity index (χ2v) is 6.68. The summed E-state index contributed by atoms with van der Waals surface area (Å²) in [7, 11) is 0. The van der Waals surface area contributed by atoms with Gasteiger partial charge in [-0.25, -0.2) is 0 Å². The van der Waals surface area contributed by atoms with Crippen molar-refractivity contribution >= 4 is 29.8 Å². The van der Waals surface area contributed by atoms with Crippen LogP contribution in [0.4, 0.5) is 5.69 Å². The summed E-state index contributed by atoms with van der Waals surface area (Å²) in [6, 6.07) is 17.9. The maximum atomic E-state index is 12.0. The van der Waals surface area contributed by atoms with Gasteiger partial charge in [-0.15, -0.1) is 0 Å². The summed E-state index contributed by atoms with van der Waals surface area (Å²) in [6.07, 6.45) is 0.914. The lowest BCUT2D eigenvalue weighted by Gasteiger charge is -2.08. The van der Waals surface area contributed by atoms with E-state index in [9.17, 15) is 9.59 Å².